The average molecular weight is 428 g/mol. The molecule has 6 nitrogen and oxygen atoms in total. The van der Waals surface area contributed by atoms with Crippen LogP contribution in [0.2, 0.25) is 0 Å². The molecule has 0 aliphatic carbocycles. The molecule has 2 N–H and O–H groups in total. The van der Waals surface area contributed by atoms with Gasteiger partial charge < -0.3 is 10.2 Å². The minimum Gasteiger partial charge on any atom is -0.473 e. The fourth-order valence-electron chi connectivity index (χ4n) is 3.88. The summed E-state index contributed by atoms with van der Waals surface area (Å²) in [5.41, 5.74) is 2.33. The number of aliphatic carboxylic acids is 2. The predicted molar refractivity (Wildman–Crippen MR) is 115 cm³/mol. The minimum absolute atomic E-state index is 0.334. The second kappa shape index (κ2) is 10.4. The maximum Gasteiger partial charge on any atom is 0.414 e. The van der Waals surface area contributed by atoms with Crippen molar-refractivity contribution in [1.82, 2.24) is 4.90 Å². The fraction of sp³-hybridized carbons (Fsp3) is 0.348. The highest BCUT2D eigenvalue weighted by molar-refractivity contribution is 8.00. The third kappa shape index (κ3) is 5.93. The number of piperidine rings is 1. The van der Waals surface area contributed by atoms with Crippen LogP contribution in [-0.2, 0) is 16.1 Å². The van der Waals surface area contributed by atoms with E-state index < -0.39 is 11.9 Å². The van der Waals surface area contributed by atoms with E-state index in [9.17, 15) is 4.79 Å². The highest BCUT2D eigenvalue weighted by Crippen LogP contribution is 2.41. The Hall–Kier alpha value is -2.64. The second-order valence-corrected chi connectivity index (χ2v) is 8.77. The van der Waals surface area contributed by atoms with E-state index in [1.165, 1.54) is 23.3 Å². The molecule has 2 aromatic rings. The van der Waals surface area contributed by atoms with Crippen LogP contribution >= 0.6 is 11.8 Å². The maximum absolute atomic E-state index is 12.4. The number of likely N-dealkylation sites (tertiary alicyclic amines) is 1. The first-order chi connectivity index (χ1) is 14.4. The molecule has 2 aliphatic rings. The van der Waals surface area contributed by atoms with Crippen LogP contribution in [0.3, 0.4) is 0 Å². The molecule has 0 radical (unpaired) electrons. The van der Waals surface area contributed by atoms with Crippen molar-refractivity contribution in [2.75, 3.05) is 13.1 Å². The molecule has 7 heteroatoms. The molecule has 2 heterocycles. The van der Waals surface area contributed by atoms with Crippen molar-refractivity contribution in [3.63, 3.8) is 0 Å². The maximum atomic E-state index is 12.4. The van der Waals surface area contributed by atoms with E-state index in [0.29, 0.717) is 23.4 Å². The van der Waals surface area contributed by atoms with E-state index in [4.69, 9.17) is 19.8 Å². The number of carboxylic acid groups (broad SMARTS) is 2. The Morgan fingerprint density at radius 1 is 0.933 bits per heavy atom. The molecule has 1 saturated heterocycles. The van der Waals surface area contributed by atoms with E-state index in [2.05, 4.69) is 41.3 Å². The van der Waals surface area contributed by atoms with Crippen molar-refractivity contribution in [1.29, 1.82) is 0 Å². The molecule has 2 aliphatic heterocycles. The van der Waals surface area contributed by atoms with Gasteiger partial charge in [0.1, 0.15) is 0 Å². The Balaban J connectivity index is 0.000000377. The molecule has 0 bridgehead atoms. The van der Waals surface area contributed by atoms with Crippen LogP contribution in [0.15, 0.2) is 59.5 Å². The number of hydrogen-bond acceptors (Lipinski definition) is 5. The van der Waals surface area contributed by atoms with Crippen molar-refractivity contribution in [3.05, 3.63) is 65.7 Å². The third-order valence-electron chi connectivity index (χ3n) is 5.44. The molecule has 1 fully saturated rings. The summed E-state index contributed by atoms with van der Waals surface area (Å²) in [7, 11) is 0. The predicted octanol–water partition coefficient (Wildman–Crippen LogP) is 3.80. The van der Waals surface area contributed by atoms with Crippen LogP contribution in [0.5, 0.6) is 0 Å². The van der Waals surface area contributed by atoms with Gasteiger partial charge in [-0.15, -0.1) is 11.8 Å². The molecular weight excluding hydrogens is 402 g/mol. The number of Topliss-reactive ketones (excluding diaryl/α,β-unsaturated/α-hetero) is 1. The summed E-state index contributed by atoms with van der Waals surface area (Å²) in [4.78, 5) is 34.4. The second-order valence-electron chi connectivity index (χ2n) is 7.49. The van der Waals surface area contributed by atoms with E-state index in [1.54, 1.807) is 0 Å². The number of fused-ring (bicyclic) bond motifs is 1. The first-order valence-corrected chi connectivity index (χ1v) is 10.8. The van der Waals surface area contributed by atoms with Crippen LogP contribution in [0, 0.1) is 5.92 Å². The van der Waals surface area contributed by atoms with E-state index in [1.807, 2.05) is 30.0 Å². The van der Waals surface area contributed by atoms with E-state index >= 15 is 0 Å². The topological polar surface area (TPSA) is 94.9 Å². The first-order valence-electron chi connectivity index (χ1n) is 9.95. The van der Waals surface area contributed by atoms with Gasteiger partial charge in [-0.05, 0) is 43.5 Å². The van der Waals surface area contributed by atoms with Gasteiger partial charge in [-0.2, -0.15) is 0 Å². The van der Waals surface area contributed by atoms with Crippen molar-refractivity contribution in [3.8, 4) is 0 Å². The molecule has 1 unspecified atom stereocenters. The van der Waals surface area contributed by atoms with Crippen molar-refractivity contribution < 1.29 is 24.6 Å². The lowest BCUT2D eigenvalue weighted by Gasteiger charge is -2.37. The number of carbonyl (C=O) groups excluding carboxylic acids is 1. The van der Waals surface area contributed by atoms with Crippen molar-refractivity contribution in [2.45, 2.75) is 36.0 Å². The number of carbonyl (C=O) groups is 3. The number of nitrogens with zero attached hydrogens (tertiary/aromatic N) is 1. The quantitative estimate of drug-likeness (QED) is 0.720. The summed E-state index contributed by atoms with van der Waals surface area (Å²) < 4.78 is 0. The Morgan fingerprint density at radius 2 is 1.53 bits per heavy atom. The third-order valence-corrected chi connectivity index (χ3v) is 6.91. The molecule has 1 atom stereocenters. The zero-order chi connectivity index (χ0) is 21.5. The van der Waals surface area contributed by atoms with E-state index in [0.717, 1.165) is 25.2 Å². The summed E-state index contributed by atoms with van der Waals surface area (Å²) in [6.07, 6.45) is 3.13. The lowest BCUT2D eigenvalue weighted by Crippen LogP contribution is -2.37. The standard InChI is InChI=1S/C21H23NOS.C2H2O4/c23-19-14-21(24-20-9-5-4-8-18(19)20)17-10-12-22(13-11-17)15-16-6-2-1-3-7-16;3-1(4)2(5)6/h1-9,17,21H,10-15H2;(H,3,4)(H,5,6). The summed E-state index contributed by atoms with van der Waals surface area (Å²) >= 11 is 1.93. The first kappa shape index (κ1) is 22.1. The highest BCUT2D eigenvalue weighted by Gasteiger charge is 2.33. The number of hydrogen-bond donors (Lipinski definition) is 2. The van der Waals surface area contributed by atoms with Gasteiger partial charge in [-0.1, -0.05) is 48.5 Å². The van der Waals surface area contributed by atoms with Crippen LogP contribution in [0.1, 0.15) is 35.2 Å². The normalized spacial score (nSPS) is 19.3. The number of benzene rings is 2. The van der Waals surface area contributed by atoms with Gasteiger partial charge in [0.15, 0.2) is 5.78 Å². The molecule has 2 aromatic carbocycles. The van der Waals surface area contributed by atoms with Crippen LogP contribution in [-0.4, -0.2) is 51.2 Å². The minimum atomic E-state index is -1.82. The number of carboxylic acids is 2. The summed E-state index contributed by atoms with van der Waals surface area (Å²) in [6, 6.07) is 18.8. The van der Waals surface area contributed by atoms with Gasteiger partial charge in [-0.25, -0.2) is 9.59 Å². The van der Waals surface area contributed by atoms with Gasteiger partial charge in [0, 0.05) is 28.7 Å². The molecule has 4 rings (SSSR count). The summed E-state index contributed by atoms with van der Waals surface area (Å²) in [5, 5.41) is 15.2. The largest absolute Gasteiger partial charge is 0.473 e. The van der Waals surface area contributed by atoms with Gasteiger partial charge in [-0.3, -0.25) is 9.69 Å². The molecule has 30 heavy (non-hydrogen) atoms. The van der Waals surface area contributed by atoms with Gasteiger partial charge in [0.25, 0.3) is 0 Å². The molecule has 0 amide bonds. The number of ketones is 1. The van der Waals surface area contributed by atoms with Gasteiger partial charge in [0.05, 0.1) is 0 Å². The molecular formula is C23H25NO5S. The van der Waals surface area contributed by atoms with Crippen molar-refractivity contribution >= 4 is 29.5 Å². The lowest BCUT2D eigenvalue weighted by atomic mass is 9.89. The van der Waals surface area contributed by atoms with Crippen LogP contribution in [0.4, 0.5) is 0 Å². The van der Waals surface area contributed by atoms with E-state index in [-0.39, 0.29) is 0 Å². The van der Waals surface area contributed by atoms with Gasteiger partial charge >= 0.3 is 11.9 Å². The van der Waals surface area contributed by atoms with Gasteiger partial charge in [0.2, 0.25) is 0 Å². The number of thioether (sulfide) groups is 1. The Morgan fingerprint density at radius 3 is 2.17 bits per heavy atom. The Kier molecular flexibility index (Phi) is 7.65. The Labute approximate surface area is 179 Å². The zero-order valence-electron chi connectivity index (χ0n) is 16.6. The van der Waals surface area contributed by atoms with Crippen LogP contribution < -0.4 is 0 Å². The summed E-state index contributed by atoms with van der Waals surface area (Å²) in [6.45, 7) is 3.34. The average Bonchev–Trinajstić information content (AvgIpc) is 2.75. The fourth-order valence-corrected chi connectivity index (χ4v) is 5.38. The van der Waals surface area contributed by atoms with Crippen molar-refractivity contribution in [2.24, 2.45) is 5.92 Å². The smallest absolute Gasteiger partial charge is 0.414 e. The summed E-state index contributed by atoms with van der Waals surface area (Å²) in [5.74, 6) is -2.65. The molecule has 0 spiro atoms. The molecule has 0 saturated carbocycles. The number of rotatable bonds is 3. The SMILES string of the molecule is O=C(O)C(=O)O.O=C1CC(C2CCN(Cc3ccccc3)CC2)Sc2ccccc21. The monoisotopic (exact) mass is 427 g/mol. The van der Waals surface area contributed by atoms with Crippen LogP contribution in [0.25, 0.3) is 0 Å². The lowest BCUT2D eigenvalue weighted by molar-refractivity contribution is -0.159. The Bertz CT molecular complexity index is 881. The highest BCUT2D eigenvalue weighted by atomic mass is 32.2. The molecule has 158 valence electrons. The molecule has 0 aromatic heterocycles. The zero-order valence-corrected chi connectivity index (χ0v) is 17.4.